The van der Waals surface area contributed by atoms with Gasteiger partial charge in [0, 0.05) is 29.2 Å². The Hall–Kier alpha value is -2.55. The summed E-state index contributed by atoms with van der Waals surface area (Å²) < 4.78 is 7.95. The first-order chi connectivity index (χ1) is 10.8. The lowest BCUT2D eigenvalue weighted by Gasteiger charge is -2.09. The van der Waals surface area contributed by atoms with Crippen LogP contribution in [0.5, 0.6) is 5.75 Å². The van der Waals surface area contributed by atoms with Crippen LogP contribution in [0.15, 0.2) is 54.7 Å². The van der Waals surface area contributed by atoms with E-state index in [4.69, 9.17) is 4.74 Å². The fourth-order valence-corrected chi connectivity index (χ4v) is 2.69. The van der Waals surface area contributed by atoms with Gasteiger partial charge >= 0.3 is 0 Å². The number of hydrogen-bond acceptors (Lipinski definition) is 2. The predicted octanol–water partition coefficient (Wildman–Crippen LogP) is 4.23. The SMILES string of the molecule is Cc1ccccc1OCCCn1cc(C=O)c2ccccc21. The van der Waals surface area contributed by atoms with E-state index in [0.717, 1.165) is 47.0 Å². The molecule has 3 aromatic rings. The van der Waals surface area contributed by atoms with Gasteiger partial charge in [-0.15, -0.1) is 0 Å². The summed E-state index contributed by atoms with van der Waals surface area (Å²) in [7, 11) is 0. The zero-order valence-corrected chi connectivity index (χ0v) is 12.7. The molecule has 0 saturated carbocycles. The Bertz CT molecular complexity index is 789. The lowest BCUT2D eigenvalue weighted by atomic mass is 10.2. The lowest BCUT2D eigenvalue weighted by Crippen LogP contribution is -2.04. The number of para-hydroxylation sites is 2. The zero-order valence-electron chi connectivity index (χ0n) is 12.7. The summed E-state index contributed by atoms with van der Waals surface area (Å²) in [6, 6.07) is 16.0. The summed E-state index contributed by atoms with van der Waals surface area (Å²) in [5.41, 5.74) is 2.99. The molecule has 1 heterocycles. The van der Waals surface area contributed by atoms with Crippen molar-refractivity contribution in [2.24, 2.45) is 0 Å². The Morgan fingerprint density at radius 2 is 1.86 bits per heavy atom. The van der Waals surface area contributed by atoms with E-state index in [2.05, 4.69) is 4.57 Å². The largest absolute Gasteiger partial charge is 0.493 e. The van der Waals surface area contributed by atoms with Crippen LogP contribution >= 0.6 is 0 Å². The van der Waals surface area contributed by atoms with Crippen molar-refractivity contribution in [2.75, 3.05) is 6.61 Å². The van der Waals surface area contributed by atoms with Crippen LogP contribution in [-0.4, -0.2) is 17.5 Å². The maximum atomic E-state index is 11.1. The molecule has 22 heavy (non-hydrogen) atoms. The summed E-state index contributed by atoms with van der Waals surface area (Å²) in [5.74, 6) is 0.938. The Balaban J connectivity index is 1.65. The molecule has 0 radical (unpaired) electrons. The van der Waals surface area contributed by atoms with Gasteiger partial charge in [-0.25, -0.2) is 0 Å². The standard InChI is InChI=1S/C19H19NO2/c1-15-7-2-5-10-19(15)22-12-6-11-20-13-16(14-21)17-8-3-4-9-18(17)20/h2-5,7-10,13-14H,6,11-12H2,1H3. The average molecular weight is 293 g/mol. The van der Waals surface area contributed by atoms with Gasteiger partial charge in [-0.3, -0.25) is 4.79 Å². The highest BCUT2D eigenvalue weighted by Crippen LogP contribution is 2.20. The minimum absolute atomic E-state index is 0.660. The number of benzene rings is 2. The van der Waals surface area contributed by atoms with Gasteiger partial charge in [0.15, 0.2) is 6.29 Å². The Labute approximate surface area is 130 Å². The number of nitrogens with zero attached hydrogens (tertiary/aromatic N) is 1. The maximum Gasteiger partial charge on any atom is 0.152 e. The Morgan fingerprint density at radius 1 is 1.09 bits per heavy atom. The number of carbonyl (C=O) groups excluding carboxylic acids is 1. The molecule has 3 heteroatoms. The molecule has 0 bridgehead atoms. The predicted molar refractivity (Wildman–Crippen MR) is 88.6 cm³/mol. The van der Waals surface area contributed by atoms with Gasteiger partial charge in [-0.1, -0.05) is 36.4 Å². The summed E-state index contributed by atoms with van der Waals surface area (Å²) >= 11 is 0. The van der Waals surface area contributed by atoms with Gasteiger partial charge < -0.3 is 9.30 Å². The monoisotopic (exact) mass is 293 g/mol. The van der Waals surface area contributed by atoms with E-state index >= 15 is 0 Å². The van der Waals surface area contributed by atoms with Crippen LogP contribution in [-0.2, 0) is 6.54 Å². The van der Waals surface area contributed by atoms with Crippen LogP contribution in [0, 0.1) is 6.92 Å². The minimum Gasteiger partial charge on any atom is -0.493 e. The number of aromatic nitrogens is 1. The molecular formula is C19H19NO2. The van der Waals surface area contributed by atoms with Crippen molar-refractivity contribution in [1.82, 2.24) is 4.57 Å². The van der Waals surface area contributed by atoms with Gasteiger partial charge in [-0.05, 0) is 31.0 Å². The van der Waals surface area contributed by atoms with E-state index in [1.165, 1.54) is 0 Å². The van der Waals surface area contributed by atoms with Gasteiger partial charge in [-0.2, -0.15) is 0 Å². The lowest BCUT2D eigenvalue weighted by molar-refractivity contribution is 0.112. The third-order valence-electron chi connectivity index (χ3n) is 3.84. The molecule has 0 saturated heterocycles. The van der Waals surface area contributed by atoms with Crippen LogP contribution in [0.1, 0.15) is 22.3 Å². The zero-order chi connectivity index (χ0) is 15.4. The van der Waals surface area contributed by atoms with Gasteiger partial charge in [0.1, 0.15) is 5.75 Å². The topological polar surface area (TPSA) is 31.2 Å². The van der Waals surface area contributed by atoms with E-state index in [-0.39, 0.29) is 0 Å². The molecule has 0 spiro atoms. The number of hydrogen-bond donors (Lipinski definition) is 0. The molecule has 0 N–H and O–H groups in total. The maximum absolute atomic E-state index is 11.1. The van der Waals surface area contributed by atoms with Crippen molar-refractivity contribution in [3.63, 3.8) is 0 Å². The number of ether oxygens (including phenoxy) is 1. The molecule has 2 aromatic carbocycles. The van der Waals surface area contributed by atoms with Crippen molar-refractivity contribution in [3.05, 3.63) is 65.9 Å². The molecule has 3 nitrogen and oxygen atoms in total. The summed E-state index contributed by atoms with van der Waals surface area (Å²) in [4.78, 5) is 11.1. The second-order valence-corrected chi connectivity index (χ2v) is 5.38. The molecule has 112 valence electrons. The van der Waals surface area contributed by atoms with Crippen molar-refractivity contribution in [3.8, 4) is 5.75 Å². The smallest absolute Gasteiger partial charge is 0.152 e. The molecule has 0 atom stereocenters. The summed E-state index contributed by atoms with van der Waals surface area (Å²) in [6.07, 6.45) is 3.74. The second kappa shape index (κ2) is 6.48. The molecule has 0 aliphatic rings. The molecular weight excluding hydrogens is 274 g/mol. The van der Waals surface area contributed by atoms with E-state index in [1.807, 2.05) is 61.7 Å². The first-order valence-electron chi connectivity index (χ1n) is 7.51. The quantitative estimate of drug-likeness (QED) is 0.503. The fourth-order valence-electron chi connectivity index (χ4n) is 2.69. The van der Waals surface area contributed by atoms with Crippen LogP contribution in [0.25, 0.3) is 10.9 Å². The van der Waals surface area contributed by atoms with Crippen LogP contribution in [0.3, 0.4) is 0 Å². The van der Waals surface area contributed by atoms with Crippen LogP contribution < -0.4 is 4.74 Å². The molecule has 0 amide bonds. The van der Waals surface area contributed by atoms with Gasteiger partial charge in [0.05, 0.1) is 6.61 Å². The van der Waals surface area contributed by atoms with Gasteiger partial charge in [0.25, 0.3) is 0 Å². The molecule has 1 aromatic heterocycles. The highest BCUT2D eigenvalue weighted by atomic mass is 16.5. The van der Waals surface area contributed by atoms with Gasteiger partial charge in [0.2, 0.25) is 0 Å². The molecule has 0 aliphatic carbocycles. The molecule has 0 fully saturated rings. The third-order valence-corrected chi connectivity index (χ3v) is 3.84. The summed E-state index contributed by atoms with van der Waals surface area (Å²) in [5, 5.41) is 1.01. The van der Waals surface area contributed by atoms with Crippen LogP contribution in [0.2, 0.25) is 0 Å². The fraction of sp³-hybridized carbons (Fsp3) is 0.211. The Morgan fingerprint density at radius 3 is 2.68 bits per heavy atom. The molecule has 0 aliphatic heterocycles. The normalized spacial score (nSPS) is 10.8. The van der Waals surface area contributed by atoms with E-state index < -0.39 is 0 Å². The van der Waals surface area contributed by atoms with E-state index in [9.17, 15) is 4.79 Å². The average Bonchev–Trinajstić information content (AvgIpc) is 2.91. The highest BCUT2D eigenvalue weighted by molar-refractivity contribution is 5.97. The molecule has 3 rings (SSSR count). The van der Waals surface area contributed by atoms with Crippen molar-refractivity contribution in [2.45, 2.75) is 19.9 Å². The second-order valence-electron chi connectivity index (χ2n) is 5.38. The summed E-state index contributed by atoms with van der Waals surface area (Å²) in [6.45, 7) is 3.54. The number of aldehydes is 1. The van der Waals surface area contributed by atoms with Crippen molar-refractivity contribution >= 4 is 17.2 Å². The van der Waals surface area contributed by atoms with Crippen molar-refractivity contribution in [1.29, 1.82) is 0 Å². The number of carbonyl (C=O) groups is 1. The van der Waals surface area contributed by atoms with Crippen molar-refractivity contribution < 1.29 is 9.53 Å². The number of rotatable bonds is 6. The van der Waals surface area contributed by atoms with E-state index in [1.54, 1.807) is 0 Å². The van der Waals surface area contributed by atoms with Crippen LogP contribution in [0.4, 0.5) is 0 Å². The first kappa shape index (κ1) is 14.4. The third kappa shape index (κ3) is 2.89. The minimum atomic E-state index is 0.660. The Kier molecular flexibility index (Phi) is 4.24. The number of aryl methyl sites for hydroxylation is 2. The first-order valence-corrected chi connectivity index (χ1v) is 7.51. The molecule has 0 unspecified atom stereocenters. The highest BCUT2D eigenvalue weighted by Gasteiger charge is 2.07. The number of fused-ring (bicyclic) bond motifs is 1. The van der Waals surface area contributed by atoms with E-state index in [0.29, 0.717) is 6.61 Å².